The highest BCUT2D eigenvalue weighted by molar-refractivity contribution is 5.97. The Kier molecular flexibility index (Phi) is 4.32. The summed E-state index contributed by atoms with van der Waals surface area (Å²) in [5.41, 5.74) is 0.589. The van der Waals surface area contributed by atoms with E-state index in [0.717, 1.165) is 25.7 Å². The molecule has 3 rings (SSSR count). The molecule has 1 aliphatic heterocycles. The first kappa shape index (κ1) is 14.9. The number of hydrogen-bond acceptors (Lipinski definition) is 3. The Balaban J connectivity index is 1.58. The standard InChI is InChI=1S/C17H22N2O3/c1-22-15-5-3-2-4-14(15)17(21)19-10-8-12(9-11-19)16(20)18-13-6-7-13/h2-5,12-13H,6-11H2,1H3,(H,18,20). The minimum absolute atomic E-state index is 0.0153. The minimum Gasteiger partial charge on any atom is -0.496 e. The molecule has 2 amide bonds. The molecule has 5 heteroatoms. The Morgan fingerprint density at radius 1 is 1.14 bits per heavy atom. The SMILES string of the molecule is COc1ccccc1C(=O)N1CCC(C(=O)NC2CC2)CC1. The molecular formula is C17H22N2O3. The lowest BCUT2D eigenvalue weighted by molar-refractivity contribution is -0.126. The normalized spacial score (nSPS) is 18.9. The van der Waals surface area contributed by atoms with E-state index in [4.69, 9.17) is 4.74 Å². The first-order valence-electron chi connectivity index (χ1n) is 7.91. The number of benzene rings is 1. The molecule has 1 aliphatic carbocycles. The lowest BCUT2D eigenvalue weighted by atomic mass is 9.95. The zero-order chi connectivity index (χ0) is 15.5. The number of piperidine rings is 1. The molecule has 1 N–H and O–H groups in total. The third kappa shape index (κ3) is 3.24. The van der Waals surface area contributed by atoms with Crippen molar-refractivity contribution in [2.24, 2.45) is 5.92 Å². The van der Waals surface area contributed by atoms with Gasteiger partial charge in [0.2, 0.25) is 5.91 Å². The minimum atomic E-state index is -0.0153. The van der Waals surface area contributed by atoms with Crippen LogP contribution in [0.15, 0.2) is 24.3 Å². The molecule has 0 aromatic heterocycles. The number of nitrogens with one attached hydrogen (secondary N) is 1. The first-order valence-corrected chi connectivity index (χ1v) is 7.91. The second kappa shape index (κ2) is 6.38. The average Bonchev–Trinajstić information content (AvgIpc) is 3.38. The molecule has 1 aromatic carbocycles. The predicted molar refractivity (Wildman–Crippen MR) is 82.8 cm³/mol. The van der Waals surface area contributed by atoms with Gasteiger partial charge in [0.05, 0.1) is 12.7 Å². The Morgan fingerprint density at radius 3 is 2.45 bits per heavy atom. The summed E-state index contributed by atoms with van der Waals surface area (Å²) in [6, 6.07) is 7.67. The van der Waals surface area contributed by atoms with Crippen LogP contribution in [0.1, 0.15) is 36.0 Å². The van der Waals surface area contributed by atoms with Crippen molar-refractivity contribution in [1.29, 1.82) is 0 Å². The van der Waals surface area contributed by atoms with Gasteiger partial charge in [0, 0.05) is 25.0 Å². The van der Waals surface area contributed by atoms with Crippen LogP contribution in [-0.2, 0) is 4.79 Å². The van der Waals surface area contributed by atoms with Crippen molar-refractivity contribution in [3.8, 4) is 5.75 Å². The van der Waals surface area contributed by atoms with Crippen molar-refractivity contribution in [3.63, 3.8) is 0 Å². The fourth-order valence-electron chi connectivity index (χ4n) is 2.88. The number of amides is 2. The first-order chi connectivity index (χ1) is 10.7. The maximum atomic E-state index is 12.6. The molecule has 0 radical (unpaired) electrons. The lowest BCUT2D eigenvalue weighted by Gasteiger charge is -2.31. The van der Waals surface area contributed by atoms with E-state index in [1.807, 2.05) is 17.0 Å². The van der Waals surface area contributed by atoms with Crippen molar-refractivity contribution in [2.45, 2.75) is 31.7 Å². The zero-order valence-electron chi connectivity index (χ0n) is 12.9. The van der Waals surface area contributed by atoms with Gasteiger partial charge in [-0.05, 0) is 37.8 Å². The largest absolute Gasteiger partial charge is 0.496 e. The molecule has 1 heterocycles. The molecule has 0 atom stereocenters. The molecule has 118 valence electrons. The smallest absolute Gasteiger partial charge is 0.257 e. The van der Waals surface area contributed by atoms with Crippen LogP contribution in [0, 0.1) is 5.92 Å². The summed E-state index contributed by atoms with van der Waals surface area (Å²) in [5, 5.41) is 3.06. The Morgan fingerprint density at radius 2 is 1.82 bits per heavy atom. The third-order valence-corrected chi connectivity index (χ3v) is 4.41. The summed E-state index contributed by atoms with van der Waals surface area (Å²) in [4.78, 5) is 26.5. The number of carbonyl (C=O) groups is 2. The maximum absolute atomic E-state index is 12.6. The Hall–Kier alpha value is -2.04. The quantitative estimate of drug-likeness (QED) is 0.923. The van der Waals surface area contributed by atoms with Gasteiger partial charge in [0.15, 0.2) is 0 Å². The zero-order valence-corrected chi connectivity index (χ0v) is 12.9. The van der Waals surface area contributed by atoms with Gasteiger partial charge in [-0.2, -0.15) is 0 Å². The highest BCUT2D eigenvalue weighted by atomic mass is 16.5. The second-order valence-electron chi connectivity index (χ2n) is 6.05. The molecule has 2 aliphatic rings. The molecule has 1 saturated heterocycles. The summed E-state index contributed by atoms with van der Waals surface area (Å²) in [6.45, 7) is 1.25. The highest BCUT2D eigenvalue weighted by Crippen LogP contribution is 2.25. The van der Waals surface area contributed by atoms with Crippen LogP contribution in [0.4, 0.5) is 0 Å². The predicted octanol–water partition coefficient (Wildman–Crippen LogP) is 1.83. The number of ether oxygens (including phenoxy) is 1. The van der Waals surface area contributed by atoms with Gasteiger partial charge < -0.3 is 15.0 Å². The van der Waals surface area contributed by atoms with Crippen LogP contribution in [0.2, 0.25) is 0 Å². The van der Waals surface area contributed by atoms with Crippen molar-refractivity contribution < 1.29 is 14.3 Å². The van der Waals surface area contributed by atoms with E-state index in [2.05, 4.69) is 5.32 Å². The van der Waals surface area contributed by atoms with Crippen LogP contribution in [0.25, 0.3) is 0 Å². The van der Waals surface area contributed by atoms with Crippen molar-refractivity contribution >= 4 is 11.8 Å². The van der Waals surface area contributed by atoms with Gasteiger partial charge in [-0.25, -0.2) is 0 Å². The van der Waals surface area contributed by atoms with Crippen LogP contribution in [0.5, 0.6) is 5.75 Å². The van der Waals surface area contributed by atoms with E-state index in [1.165, 1.54) is 0 Å². The topological polar surface area (TPSA) is 58.6 Å². The van der Waals surface area contributed by atoms with Crippen molar-refractivity contribution in [1.82, 2.24) is 10.2 Å². The Bertz CT molecular complexity index is 561. The Labute approximate surface area is 130 Å². The molecule has 0 bridgehead atoms. The third-order valence-electron chi connectivity index (χ3n) is 4.41. The van der Waals surface area contributed by atoms with E-state index >= 15 is 0 Å². The maximum Gasteiger partial charge on any atom is 0.257 e. The van der Waals surface area contributed by atoms with Crippen LogP contribution < -0.4 is 10.1 Å². The molecular weight excluding hydrogens is 280 g/mol. The molecule has 0 unspecified atom stereocenters. The van der Waals surface area contributed by atoms with E-state index in [1.54, 1.807) is 19.2 Å². The van der Waals surface area contributed by atoms with Gasteiger partial charge in [-0.15, -0.1) is 0 Å². The lowest BCUT2D eigenvalue weighted by Crippen LogP contribution is -2.43. The van der Waals surface area contributed by atoms with Gasteiger partial charge >= 0.3 is 0 Å². The number of carbonyl (C=O) groups excluding carboxylic acids is 2. The van der Waals surface area contributed by atoms with E-state index in [0.29, 0.717) is 30.4 Å². The van der Waals surface area contributed by atoms with Crippen molar-refractivity contribution in [2.75, 3.05) is 20.2 Å². The number of hydrogen-bond donors (Lipinski definition) is 1. The fraction of sp³-hybridized carbons (Fsp3) is 0.529. The molecule has 22 heavy (non-hydrogen) atoms. The van der Waals surface area contributed by atoms with Crippen LogP contribution >= 0.6 is 0 Å². The number of rotatable bonds is 4. The van der Waals surface area contributed by atoms with Crippen molar-refractivity contribution in [3.05, 3.63) is 29.8 Å². The summed E-state index contributed by atoms with van der Waals surface area (Å²) in [7, 11) is 1.57. The molecule has 1 aromatic rings. The van der Waals surface area contributed by atoms with Crippen LogP contribution in [-0.4, -0.2) is 43.0 Å². The average molecular weight is 302 g/mol. The summed E-state index contributed by atoms with van der Waals surface area (Å²) >= 11 is 0. The van der Waals surface area contributed by atoms with Gasteiger partial charge in [0.25, 0.3) is 5.91 Å². The van der Waals surface area contributed by atoms with Gasteiger partial charge in [-0.1, -0.05) is 12.1 Å². The second-order valence-corrected chi connectivity index (χ2v) is 6.05. The van der Waals surface area contributed by atoms with Crippen LogP contribution in [0.3, 0.4) is 0 Å². The molecule has 0 spiro atoms. The monoisotopic (exact) mass is 302 g/mol. The fourth-order valence-corrected chi connectivity index (χ4v) is 2.88. The number of para-hydroxylation sites is 1. The van der Waals surface area contributed by atoms with E-state index < -0.39 is 0 Å². The highest BCUT2D eigenvalue weighted by Gasteiger charge is 2.31. The summed E-state index contributed by atoms with van der Waals surface area (Å²) < 4.78 is 5.26. The molecule has 2 fully saturated rings. The summed E-state index contributed by atoms with van der Waals surface area (Å²) in [5.74, 6) is 0.786. The number of likely N-dealkylation sites (tertiary alicyclic amines) is 1. The summed E-state index contributed by atoms with van der Waals surface area (Å²) in [6.07, 6.45) is 3.69. The number of methoxy groups -OCH3 is 1. The van der Waals surface area contributed by atoms with E-state index in [-0.39, 0.29) is 17.7 Å². The van der Waals surface area contributed by atoms with Gasteiger partial charge in [-0.3, -0.25) is 9.59 Å². The van der Waals surface area contributed by atoms with Gasteiger partial charge in [0.1, 0.15) is 5.75 Å². The number of nitrogens with zero attached hydrogens (tertiary/aromatic N) is 1. The molecule has 5 nitrogen and oxygen atoms in total. The van der Waals surface area contributed by atoms with E-state index in [9.17, 15) is 9.59 Å². The molecule has 1 saturated carbocycles.